The van der Waals surface area contributed by atoms with E-state index in [0.29, 0.717) is 23.4 Å². The summed E-state index contributed by atoms with van der Waals surface area (Å²) >= 11 is 0. The standard InChI is InChI=1S/C22H28N4O3/c1-12(2)26-21-18(11-24-26)17(22(28)23-10-15-6-5-7-20(15)27)9-19(25-21)16-8-13(3)29-14(16)4/h8-9,11-12,15,20,27H,5-7,10H2,1-4H3,(H,23,28)/t15-,20+/m0/s1. The molecule has 0 radical (unpaired) electrons. The van der Waals surface area contributed by atoms with Crippen molar-refractivity contribution in [1.82, 2.24) is 20.1 Å². The van der Waals surface area contributed by atoms with E-state index in [4.69, 9.17) is 9.40 Å². The summed E-state index contributed by atoms with van der Waals surface area (Å²) in [4.78, 5) is 17.9. The normalized spacial score (nSPS) is 19.4. The van der Waals surface area contributed by atoms with Crippen molar-refractivity contribution in [3.63, 3.8) is 0 Å². The Morgan fingerprint density at radius 1 is 1.34 bits per heavy atom. The molecule has 1 saturated carbocycles. The van der Waals surface area contributed by atoms with Crippen molar-refractivity contribution < 1.29 is 14.3 Å². The largest absolute Gasteiger partial charge is 0.466 e. The first-order valence-corrected chi connectivity index (χ1v) is 10.3. The Bertz CT molecular complexity index is 1050. The molecular formula is C22H28N4O3. The number of carbonyl (C=O) groups is 1. The average molecular weight is 396 g/mol. The van der Waals surface area contributed by atoms with Crippen molar-refractivity contribution in [2.45, 2.75) is 59.1 Å². The van der Waals surface area contributed by atoms with E-state index in [0.717, 1.165) is 41.7 Å². The second kappa shape index (κ2) is 7.63. The van der Waals surface area contributed by atoms with Gasteiger partial charge in [0.15, 0.2) is 5.65 Å². The van der Waals surface area contributed by atoms with Gasteiger partial charge in [0.05, 0.1) is 28.9 Å². The molecule has 0 aliphatic heterocycles. The summed E-state index contributed by atoms with van der Waals surface area (Å²) in [6.45, 7) is 8.34. The highest BCUT2D eigenvalue weighted by Crippen LogP contribution is 2.30. The minimum absolute atomic E-state index is 0.118. The quantitative estimate of drug-likeness (QED) is 0.685. The fourth-order valence-electron chi connectivity index (χ4n) is 4.18. The maximum Gasteiger partial charge on any atom is 0.252 e. The molecule has 4 rings (SSSR count). The predicted octanol–water partition coefficient (Wildman–Crippen LogP) is 3.78. The van der Waals surface area contributed by atoms with Gasteiger partial charge < -0.3 is 14.8 Å². The zero-order valence-electron chi connectivity index (χ0n) is 17.4. The van der Waals surface area contributed by atoms with Crippen LogP contribution in [0.1, 0.15) is 61.0 Å². The number of hydrogen-bond acceptors (Lipinski definition) is 5. The minimum Gasteiger partial charge on any atom is -0.466 e. The molecule has 0 spiro atoms. The summed E-state index contributed by atoms with van der Waals surface area (Å²) in [6.07, 6.45) is 4.13. The van der Waals surface area contributed by atoms with Crippen molar-refractivity contribution in [3.8, 4) is 11.3 Å². The lowest BCUT2D eigenvalue weighted by Crippen LogP contribution is -2.32. The van der Waals surface area contributed by atoms with Gasteiger partial charge in [-0.3, -0.25) is 4.79 Å². The second-order valence-corrected chi connectivity index (χ2v) is 8.27. The zero-order valence-corrected chi connectivity index (χ0v) is 17.4. The van der Waals surface area contributed by atoms with E-state index < -0.39 is 0 Å². The molecule has 7 heteroatoms. The molecule has 2 N–H and O–H groups in total. The summed E-state index contributed by atoms with van der Waals surface area (Å²) in [5.74, 6) is 1.52. The first-order valence-electron chi connectivity index (χ1n) is 10.3. The number of nitrogens with one attached hydrogen (secondary N) is 1. The number of aromatic nitrogens is 3. The van der Waals surface area contributed by atoms with Crippen LogP contribution in [0.2, 0.25) is 0 Å². The van der Waals surface area contributed by atoms with Gasteiger partial charge in [0.1, 0.15) is 11.5 Å². The number of furan rings is 1. The summed E-state index contributed by atoms with van der Waals surface area (Å²) in [5, 5.41) is 18.2. The third-order valence-corrected chi connectivity index (χ3v) is 5.76. The number of rotatable bonds is 5. The second-order valence-electron chi connectivity index (χ2n) is 8.27. The van der Waals surface area contributed by atoms with E-state index in [2.05, 4.69) is 10.4 Å². The molecule has 7 nitrogen and oxygen atoms in total. The summed E-state index contributed by atoms with van der Waals surface area (Å²) in [6, 6.07) is 3.87. The zero-order chi connectivity index (χ0) is 20.7. The highest BCUT2D eigenvalue weighted by atomic mass is 16.3. The molecule has 1 aliphatic carbocycles. The number of nitrogens with zero attached hydrogens (tertiary/aromatic N) is 3. The molecule has 2 atom stereocenters. The Kier molecular flexibility index (Phi) is 5.17. The minimum atomic E-state index is -0.330. The maximum absolute atomic E-state index is 13.1. The smallest absolute Gasteiger partial charge is 0.252 e. The van der Waals surface area contributed by atoms with Crippen LogP contribution in [0.15, 0.2) is 22.7 Å². The number of aliphatic hydroxyl groups is 1. The molecule has 0 aromatic carbocycles. The Hall–Kier alpha value is -2.67. The van der Waals surface area contributed by atoms with Crippen molar-refractivity contribution in [1.29, 1.82) is 0 Å². The number of hydrogen-bond donors (Lipinski definition) is 2. The Morgan fingerprint density at radius 3 is 2.76 bits per heavy atom. The number of pyridine rings is 1. The van der Waals surface area contributed by atoms with Crippen LogP contribution in [0.25, 0.3) is 22.3 Å². The van der Waals surface area contributed by atoms with Gasteiger partial charge in [-0.15, -0.1) is 0 Å². The molecular weight excluding hydrogens is 368 g/mol. The van der Waals surface area contributed by atoms with Gasteiger partial charge in [-0.05, 0) is 52.7 Å². The molecule has 3 aromatic heterocycles. The average Bonchev–Trinajstić information content (AvgIpc) is 3.37. The van der Waals surface area contributed by atoms with Gasteiger partial charge in [0, 0.05) is 24.1 Å². The van der Waals surface area contributed by atoms with Crippen molar-refractivity contribution >= 4 is 16.9 Å². The molecule has 1 fully saturated rings. The van der Waals surface area contributed by atoms with Gasteiger partial charge in [0.25, 0.3) is 5.91 Å². The lowest BCUT2D eigenvalue weighted by molar-refractivity contribution is 0.0918. The molecule has 3 heterocycles. The number of carbonyl (C=O) groups excluding carboxylic acids is 1. The van der Waals surface area contributed by atoms with Crippen LogP contribution in [0, 0.1) is 19.8 Å². The number of amides is 1. The van der Waals surface area contributed by atoms with Crippen LogP contribution in [0.3, 0.4) is 0 Å². The van der Waals surface area contributed by atoms with E-state index in [1.807, 2.05) is 44.5 Å². The van der Waals surface area contributed by atoms with E-state index in [1.165, 1.54) is 0 Å². The topological polar surface area (TPSA) is 93.2 Å². The van der Waals surface area contributed by atoms with Crippen molar-refractivity contribution in [2.24, 2.45) is 5.92 Å². The van der Waals surface area contributed by atoms with Crippen LogP contribution >= 0.6 is 0 Å². The summed E-state index contributed by atoms with van der Waals surface area (Å²) in [7, 11) is 0. The SMILES string of the molecule is Cc1cc(-c2cc(C(=O)NC[C@@H]3CCC[C@H]3O)c3cnn(C(C)C)c3n2)c(C)o1. The van der Waals surface area contributed by atoms with Gasteiger partial charge in [0.2, 0.25) is 0 Å². The lowest BCUT2D eigenvalue weighted by atomic mass is 10.0. The molecule has 29 heavy (non-hydrogen) atoms. The molecule has 1 aliphatic rings. The van der Waals surface area contributed by atoms with Gasteiger partial charge in [-0.2, -0.15) is 5.10 Å². The number of fused-ring (bicyclic) bond motifs is 1. The maximum atomic E-state index is 13.1. The number of aliphatic hydroxyl groups excluding tert-OH is 1. The molecule has 0 unspecified atom stereocenters. The predicted molar refractivity (Wildman–Crippen MR) is 111 cm³/mol. The summed E-state index contributed by atoms with van der Waals surface area (Å²) in [5.41, 5.74) is 2.80. The van der Waals surface area contributed by atoms with Crippen LogP contribution in [-0.4, -0.2) is 38.4 Å². The third-order valence-electron chi connectivity index (χ3n) is 5.76. The first kappa shape index (κ1) is 19.6. The van der Waals surface area contributed by atoms with E-state index in [9.17, 15) is 9.90 Å². The van der Waals surface area contributed by atoms with Crippen molar-refractivity contribution in [3.05, 3.63) is 35.4 Å². The molecule has 1 amide bonds. The van der Waals surface area contributed by atoms with E-state index >= 15 is 0 Å². The van der Waals surface area contributed by atoms with Crippen LogP contribution in [-0.2, 0) is 0 Å². The van der Waals surface area contributed by atoms with Crippen LogP contribution < -0.4 is 5.32 Å². The molecule has 154 valence electrons. The number of aryl methyl sites for hydroxylation is 2. The molecule has 0 saturated heterocycles. The fourth-order valence-corrected chi connectivity index (χ4v) is 4.18. The Balaban J connectivity index is 1.75. The van der Waals surface area contributed by atoms with Crippen LogP contribution in [0.4, 0.5) is 0 Å². The molecule has 3 aromatic rings. The lowest BCUT2D eigenvalue weighted by Gasteiger charge is -2.16. The summed E-state index contributed by atoms with van der Waals surface area (Å²) < 4.78 is 7.51. The van der Waals surface area contributed by atoms with Gasteiger partial charge >= 0.3 is 0 Å². The Labute approximate surface area is 170 Å². The Morgan fingerprint density at radius 2 is 2.14 bits per heavy atom. The molecule has 0 bridgehead atoms. The highest BCUT2D eigenvalue weighted by molar-refractivity contribution is 6.06. The fraction of sp³-hybridized carbons (Fsp3) is 0.500. The van der Waals surface area contributed by atoms with Gasteiger partial charge in [-0.25, -0.2) is 9.67 Å². The van der Waals surface area contributed by atoms with E-state index in [1.54, 1.807) is 6.20 Å². The highest BCUT2D eigenvalue weighted by Gasteiger charge is 2.26. The van der Waals surface area contributed by atoms with Crippen LogP contribution in [0.5, 0.6) is 0 Å². The monoisotopic (exact) mass is 396 g/mol. The van der Waals surface area contributed by atoms with E-state index in [-0.39, 0.29) is 24.0 Å². The first-order chi connectivity index (χ1) is 13.8. The van der Waals surface area contributed by atoms with Crippen molar-refractivity contribution in [2.75, 3.05) is 6.54 Å². The third kappa shape index (κ3) is 3.67. The van der Waals surface area contributed by atoms with Gasteiger partial charge in [-0.1, -0.05) is 6.42 Å².